The normalized spacial score (nSPS) is 14.3. The molecule has 9 aromatic carbocycles. The van der Waals surface area contributed by atoms with Crippen molar-refractivity contribution in [1.29, 1.82) is 0 Å². The Labute approximate surface area is 754 Å². The molecule has 0 saturated heterocycles. The van der Waals surface area contributed by atoms with Crippen molar-refractivity contribution in [2.24, 2.45) is 0 Å². The van der Waals surface area contributed by atoms with Gasteiger partial charge in [-0.2, -0.15) is 7.11 Å². The smallest absolute Gasteiger partial charge is 0.669 e. The summed E-state index contributed by atoms with van der Waals surface area (Å²) in [4.78, 5) is 0. The fourth-order valence-electron chi connectivity index (χ4n) is 21.3. The second-order valence-electron chi connectivity index (χ2n) is 37.0. The van der Waals surface area contributed by atoms with E-state index in [0.717, 1.165) is 35.2 Å². The number of unbranched alkanes of at least 4 members (excludes halogenated alkanes) is 30. The maximum atomic E-state index is 6.73. The van der Waals surface area contributed by atoms with E-state index >= 15 is 0 Å². The molecule has 0 unspecified atom stereocenters. The summed E-state index contributed by atoms with van der Waals surface area (Å²) in [7, 11) is 8.08. The van der Waals surface area contributed by atoms with Crippen molar-refractivity contribution in [1.82, 2.24) is 0 Å². The van der Waals surface area contributed by atoms with Gasteiger partial charge in [0.1, 0.15) is 36.2 Å². The van der Waals surface area contributed by atoms with Crippen LogP contribution in [0.15, 0.2) is 194 Å². The molecule has 0 N–H and O–H groups in total. The summed E-state index contributed by atoms with van der Waals surface area (Å²) in [6.07, 6.45) is 60.1. The standard InChI is InChI=1S/C116H148NO3.CH3.Ir/c1-11-17-23-29-35-41-69-114(70-42-36-30-24-18-12-2)106-76-88(8)51-63-100(106)101-65-59-93(80-108(101)114)94-61-67-104-105-68-62-96(83-111(105)116(110(104)82-94,73-45-39-33-27-21-15-5)74-46-40-34-28-22-16-6)95-60-66-103-102-64-58-92(79-107(102)115(109(103)81-95,71-43-37-31-25-19-13-3)72-44-38-32-26-20-14-4)91-56-54-90(55-57-91)86-120-99-78-97(113(118-10)112-48-47-75-117(112)9)77-98(84-99)119-85-89-52-49-87(7)50-53-89;;/h47-68,75-84H,9-46,69-74,85-86H2,1-8H3;1H3;/q2*-1;+3/b113-112-;;. The number of hydrogen-bond donors (Lipinski definition) is 0. The molecule has 13 rings (SSSR count). The van der Waals surface area contributed by atoms with Crippen molar-refractivity contribution in [3.05, 3.63) is 277 Å². The molecular weight excluding hydrogens is 1660 g/mol. The van der Waals surface area contributed by atoms with Gasteiger partial charge in [0, 0.05) is 34.9 Å². The molecule has 0 saturated carbocycles. The SMILES string of the molecule is [CH2-]O/C(=C1/C=CC=[N+]1[CH2-])c1cc(OCc2ccc(C)cc2)cc(OCc2ccc(-c3ccc4c(c3)C(CCCCCCCC)(CCCCCCCC)c3cc(-c5ccc6c(c5)C(CCCCCCCC)(CCCCCCCC)c5cc(-c7ccc8c(c7)C(CCCCCCCC)(CCCCCCCC)c7cc(C)ccc7-8)ccc5-6)ccc3-4)cc2)c1.[CH3-].[Ir+3]. The Hall–Kier alpha value is -7.95. The molecular formula is C117H151IrNO3+. The first-order chi connectivity index (χ1) is 58.9. The molecule has 3 aliphatic carbocycles. The summed E-state index contributed by atoms with van der Waals surface area (Å²) in [6.45, 7) is 19.4. The monoisotopic (exact) mass is 1810 g/mol. The fraction of sp³-hybridized carbons (Fsp3) is 0.470. The van der Waals surface area contributed by atoms with Gasteiger partial charge in [-0.15, -0.1) is 0 Å². The van der Waals surface area contributed by atoms with Crippen LogP contribution in [0.25, 0.3) is 72.5 Å². The van der Waals surface area contributed by atoms with E-state index in [1.165, 1.54) is 340 Å². The quantitative estimate of drug-likeness (QED) is 0.0165. The van der Waals surface area contributed by atoms with Gasteiger partial charge < -0.3 is 26.2 Å². The molecule has 122 heavy (non-hydrogen) atoms. The first-order valence-electron chi connectivity index (χ1n) is 48.6. The van der Waals surface area contributed by atoms with Crippen molar-refractivity contribution in [3.8, 4) is 78.3 Å². The fourth-order valence-corrected chi connectivity index (χ4v) is 21.3. The van der Waals surface area contributed by atoms with Crippen molar-refractivity contribution in [2.75, 3.05) is 0 Å². The van der Waals surface area contributed by atoms with Crippen LogP contribution >= 0.6 is 0 Å². The first-order valence-corrected chi connectivity index (χ1v) is 48.6. The van der Waals surface area contributed by atoms with Crippen molar-refractivity contribution in [3.63, 3.8) is 0 Å². The van der Waals surface area contributed by atoms with E-state index in [0.29, 0.717) is 30.5 Å². The molecule has 0 atom stereocenters. The minimum absolute atomic E-state index is 0. The van der Waals surface area contributed by atoms with Crippen molar-refractivity contribution < 1.29 is 38.9 Å². The molecule has 650 valence electrons. The minimum Gasteiger partial charge on any atom is -0.669 e. The van der Waals surface area contributed by atoms with E-state index in [1.807, 2.05) is 36.6 Å². The summed E-state index contributed by atoms with van der Waals surface area (Å²) >= 11 is 0. The molecule has 0 spiro atoms. The van der Waals surface area contributed by atoms with E-state index < -0.39 is 0 Å². The second-order valence-corrected chi connectivity index (χ2v) is 37.0. The number of nitrogens with zero attached hydrogens (tertiary/aromatic N) is 1. The number of benzene rings is 9. The van der Waals surface area contributed by atoms with Crippen LogP contribution in [0.2, 0.25) is 0 Å². The van der Waals surface area contributed by atoms with Gasteiger partial charge in [0.15, 0.2) is 0 Å². The molecule has 1 aliphatic heterocycles. The molecule has 0 radical (unpaired) electrons. The Morgan fingerprint density at radius 1 is 0.303 bits per heavy atom. The van der Waals surface area contributed by atoms with Gasteiger partial charge in [-0.1, -0.05) is 423 Å². The Bertz CT molecular complexity index is 4820. The molecule has 5 heteroatoms. The summed E-state index contributed by atoms with van der Waals surface area (Å²) in [5.74, 6) is 1.96. The number of hydrogen-bond acceptors (Lipinski definition) is 3. The van der Waals surface area contributed by atoms with Crippen molar-refractivity contribution >= 4 is 12.0 Å². The first kappa shape index (κ1) is 94.7. The van der Waals surface area contributed by atoms with Crippen LogP contribution in [0, 0.1) is 35.4 Å². The number of ether oxygens (including phenoxy) is 3. The molecule has 9 aromatic rings. The second kappa shape index (κ2) is 47.4. The topological polar surface area (TPSA) is 30.7 Å². The molecule has 0 bridgehead atoms. The Kier molecular flexibility index (Phi) is 36.8. The summed E-state index contributed by atoms with van der Waals surface area (Å²) in [5.41, 5.74) is 32.7. The maximum absolute atomic E-state index is 6.73. The Morgan fingerprint density at radius 3 is 0.861 bits per heavy atom. The molecule has 1 heterocycles. The van der Waals surface area contributed by atoms with Crippen LogP contribution in [0.4, 0.5) is 0 Å². The van der Waals surface area contributed by atoms with Crippen LogP contribution in [-0.4, -0.2) is 10.8 Å². The van der Waals surface area contributed by atoms with E-state index in [1.54, 1.807) is 32.4 Å². The van der Waals surface area contributed by atoms with Gasteiger partial charge >= 0.3 is 20.1 Å². The van der Waals surface area contributed by atoms with Gasteiger partial charge in [0.25, 0.3) is 0 Å². The number of fused-ring (bicyclic) bond motifs is 9. The van der Waals surface area contributed by atoms with Crippen LogP contribution in [0.1, 0.15) is 372 Å². The van der Waals surface area contributed by atoms with E-state index in [9.17, 15) is 0 Å². The number of rotatable bonds is 53. The third kappa shape index (κ3) is 22.8. The van der Waals surface area contributed by atoms with Gasteiger partial charge in [-0.25, -0.2) is 0 Å². The molecule has 0 aromatic heterocycles. The third-order valence-corrected chi connectivity index (χ3v) is 28.2. The maximum Gasteiger partial charge on any atom is 3.00 e. The molecule has 0 fully saturated rings. The summed E-state index contributed by atoms with van der Waals surface area (Å²) in [5, 5.41) is 0. The van der Waals surface area contributed by atoms with Gasteiger partial charge in [-0.05, 0) is 206 Å². The van der Waals surface area contributed by atoms with Crippen LogP contribution in [0.3, 0.4) is 0 Å². The van der Waals surface area contributed by atoms with E-state index in [-0.39, 0.29) is 43.8 Å². The van der Waals surface area contributed by atoms with Gasteiger partial charge in [-0.3, -0.25) is 0 Å². The van der Waals surface area contributed by atoms with Crippen LogP contribution < -0.4 is 9.47 Å². The summed E-state index contributed by atoms with van der Waals surface area (Å²) in [6, 6.07) is 70.2. The van der Waals surface area contributed by atoms with Crippen molar-refractivity contribution in [2.45, 2.75) is 355 Å². The summed E-state index contributed by atoms with van der Waals surface area (Å²) < 4.78 is 20.9. The number of aryl methyl sites for hydroxylation is 2. The van der Waals surface area contributed by atoms with Crippen LogP contribution in [0.5, 0.6) is 11.5 Å². The van der Waals surface area contributed by atoms with E-state index in [4.69, 9.17) is 14.2 Å². The molecule has 4 nitrogen and oxygen atoms in total. The third-order valence-electron chi connectivity index (χ3n) is 28.2. The largest absolute Gasteiger partial charge is 3.00 e. The average Bonchev–Trinajstić information content (AvgIpc) is 1.56. The predicted octanol–water partition coefficient (Wildman–Crippen LogP) is 35.1. The van der Waals surface area contributed by atoms with Crippen LogP contribution in [-0.2, 0) is 54.3 Å². The molecule has 0 amide bonds. The number of allylic oxidation sites excluding steroid dienone is 2. The Morgan fingerprint density at radius 2 is 0.566 bits per heavy atom. The Balaban J connectivity index is 0.00000726. The zero-order valence-corrected chi connectivity index (χ0v) is 79.4. The zero-order valence-electron chi connectivity index (χ0n) is 77.0. The predicted molar refractivity (Wildman–Crippen MR) is 521 cm³/mol. The minimum atomic E-state index is -0.117. The average molecular weight is 1810 g/mol. The zero-order chi connectivity index (χ0) is 83.5. The van der Waals surface area contributed by atoms with Gasteiger partial charge in [0.2, 0.25) is 0 Å². The molecule has 4 aliphatic rings. The van der Waals surface area contributed by atoms with E-state index in [2.05, 4.69) is 227 Å². The van der Waals surface area contributed by atoms with Gasteiger partial charge in [0.05, 0.1) is 6.21 Å².